The largest absolute Gasteiger partial charge is 0.481 e. The second-order valence-electron chi connectivity index (χ2n) is 14.9. The van der Waals surface area contributed by atoms with Gasteiger partial charge in [-0.05, 0) is 68.5 Å². The van der Waals surface area contributed by atoms with Gasteiger partial charge in [-0.1, -0.05) is 52.3 Å². The van der Waals surface area contributed by atoms with Gasteiger partial charge in [-0.25, -0.2) is 4.79 Å². The van der Waals surface area contributed by atoms with Crippen LogP contribution in [-0.2, 0) is 44.8 Å². The fraction of sp³-hybridized carbons (Fsp3) is 0.590. The third kappa shape index (κ3) is 16.1. The van der Waals surface area contributed by atoms with Crippen LogP contribution < -0.4 is 38.1 Å². The Balaban J connectivity index is 2.44. The Morgan fingerprint density at radius 3 is 1.69 bits per heavy atom. The smallest absolute Gasteiger partial charge is 0.326 e. The Morgan fingerprint density at radius 2 is 1.17 bits per heavy atom. The molecule has 0 saturated carbocycles. The van der Waals surface area contributed by atoms with Crippen LogP contribution in [0, 0.1) is 11.8 Å². The molecule has 322 valence electrons. The van der Waals surface area contributed by atoms with Crippen LogP contribution in [0.15, 0.2) is 30.5 Å². The topological polar surface area (TPSA) is 325 Å². The van der Waals surface area contributed by atoms with Crippen LogP contribution in [0.2, 0.25) is 0 Å². The Bertz CT molecular complexity index is 1730. The van der Waals surface area contributed by atoms with E-state index in [2.05, 4.69) is 31.6 Å². The molecule has 2 aromatic rings. The van der Waals surface area contributed by atoms with E-state index in [4.69, 9.17) is 11.5 Å². The number of carboxylic acids is 3. The summed E-state index contributed by atoms with van der Waals surface area (Å²) in [6, 6.07) is -0.884. The first kappa shape index (κ1) is 48.6. The number of fused-ring (bicyclic) bond motifs is 1. The first-order valence-electron chi connectivity index (χ1n) is 19.6. The van der Waals surface area contributed by atoms with Crippen molar-refractivity contribution in [1.82, 2.24) is 31.6 Å². The van der Waals surface area contributed by atoms with Gasteiger partial charge in [-0.3, -0.25) is 33.6 Å². The van der Waals surface area contributed by atoms with Gasteiger partial charge in [0.1, 0.15) is 30.2 Å². The van der Waals surface area contributed by atoms with Gasteiger partial charge in [-0.15, -0.1) is 0 Å². The zero-order valence-electron chi connectivity index (χ0n) is 33.5. The molecule has 5 amide bonds. The summed E-state index contributed by atoms with van der Waals surface area (Å²) in [5.74, 6) is -8.55. The van der Waals surface area contributed by atoms with Crippen molar-refractivity contribution in [3.05, 3.63) is 36.0 Å². The van der Waals surface area contributed by atoms with Crippen LogP contribution in [0.3, 0.4) is 0 Å². The van der Waals surface area contributed by atoms with E-state index in [0.29, 0.717) is 36.8 Å². The molecule has 19 nitrogen and oxygen atoms in total. The predicted molar refractivity (Wildman–Crippen MR) is 213 cm³/mol. The lowest BCUT2D eigenvalue weighted by molar-refractivity contribution is -0.142. The van der Waals surface area contributed by atoms with Crippen LogP contribution in [0.5, 0.6) is 0 Å². The number of nitrogens with two attached hydrogens (primary N) is 2. The average Bonchev–Trinajstić information content (AvgIpc) is 3.58. The van der Waals surface area contributed by atoms with Crippen molar-refractivity contribution >= 4 is 58.3 Å². The zero-order chi connectivity index (χ0) is 43.5. The molecule has 0 saturated heterocycles. The number of H-pyrrole nitrogens is 1. The summed E-state index contributed by atoms with van der Waals surface area (Å²) in [5.41, 5.74) is 12.9. The van der Waals surface area contributed by atoms with E-state index in [0.717, 1.165) is 5.52 Å². The second kappa shape index (κ2) is 24.3. The van der Waals surface area contributed by atoms with Crippen molar-refractivity contribution in [2.24, 2.45) is 23.3 Å². The number of unbranched alkanes of at least 4 members (excludes halogenated alkanes) is 1. The lowest BCUT2D eigenvalue weighted by Gasteiger charge is -2.28. The zero-order valence-corrected chi connectivity index (χ0v) is 33.5. The highest BCUT2D eigenvalue weighted by Crippen LogP contribution is 2.20. The van der Waals surface area contributed by atoms with E-state index >= 15 is 0 Å². The minimum Gasteiger partial charge on any atom is -0.481 e. The van der Waals surface area contributed by atoms with Crippen molar-refractivity contribution in [1.29, 1.82) is 0 Å². The highest BCUT2D eigenvalue weighted by molar-refractivity contribution is 5.97. The van der Waals surface area contributed by atoms with Crippen LogP contribution in [0.25, 0.3) is 10.9 Å². The number of nitrogens with one attached hydrogen (secondary N) is 6. The third-order valence-corrected chi connectivity index (χ3v) is 9.75. The van der Waals surface area contributed by atoms with E-state index in [1.165, 1.54) is 0 Å². The maximum absolute atomic E-state index is 14.0. The SMILES string of the molecule is CC[C@H](C)[C@H](N)C(=O)N[C@@H](CC(C)C)C(=O)N[C@@H](CCC(=O)O)C(=O)N[C@@H](CCC(=O)O)C(=O)N[C@@H](Cc1c[nH]c2ccccc12)C(=O)N[C@@H](CCCCN)C(=O)O. The molecule has 0 unspecified atom stereocenters. The summed E-state index contributed by atoms with van der Waals surface area (Å²) in [4.78, 5) is 106. The number of aliphatic carboxylic acids is 3. The Kier molecular flexibility index (Phi) is 20.3. The number of para-hydroxylation sites is 1. The molecule has 58 heavy (non-hydrogen) atoms. The fourth-order valence-electron chi connectivity index (χ4n) is 6.13. The summed E-state index contributed by atoms with van der Waals surface area (Å²) in [7, 11) is 0. The van der Waals surface area contributed by atoms with Gasteiger partial charge in [-0.2, -0.15) is 0 Å². The van der Waals surface area contributed by atoms with Crippen molar-refractivity contribution in [2.45, 2.75) is 128 Å². The van der Waals surface area contributed by atoms with Crippen molar-refractivity contribution in [3.8, 4) is 0 Å². The number of amides is 5. The molecule has 0 aliphatic rings. The molecule has 0 aliphatic heterocycles. The average molecular weight is 817 g/mol. The Morgan fingerprint density at radius 1 is 0.672 bits per heavy atom. The van der Waals surface area contributed by atoms with Gasteiger partial charge in [0.2, 0.25) is 29.5 Å². The second-order valence-corrected chi connectivity index (χ2v) is 14.9. The fourth-order valence-corrected chi connectivity index (χ4v) is 6.13. The standard InChI is InChI=1S/C39H60N8O11/c1-5-22(4)33(41)38(56)47-29(18-21(2)3)36(54)44-26(13-15-31(48)49)34(52)43-27(14-16-32(50)51)35(53)46-30(19-23-20-42-25-11-7-6-10-24(23)25)37(55)45-28(39(57)58)12-8-9-17-40/h6-7,10-11,20-22,26-30,33,42H,5,8-9,12-19,40-41H2,1-4H3,(H,43,52)(H,44,54)(H,45,55)(H,46,53)(H,47,56)(H,48,49)(H,50,51)(H,57,58)/t22-,26-,27-,28-,29-,30-,33-/m0/s1. The van der Waals surface area contributed by atoms with Crippen LogP contribution in [0.1, 0.15) is 91.0 Å². The lowest BCUT2D eigenvalue weighted by atomic mass is 9.97. The molecular formula is C39H60N8O11. The number of benzene rings is 1. The quantitative estimate of drug-likeness (QED) is 0.0548. The minimum atomic E-state index is -1.62. The molecule has 0 fully saturated rings. The molecule has 0 spiro atoms. The molecule has 13 N–H and O–H groups in total. The normalized spacial score (nSPS) is 14.9. The molecule has 1 aromatic carbocycles. The number of aromatic nitrogens is 1. The molecule has 1 aromatic heterocycles. The predicted octanol–water partition coefficient (Wildman–Crippen LogP) is 0.497. The van der Waals surface area contributed by atoms with Gasteiger partial charge in [0, 0.05) is 36.4 Å². The summed E-state index contributed by atoms with van der Waals surface area (Å²) in [5, 5.41) is 42.0. The maximum Gasteiger partial charge on any atom is 0.326 e. The van der Waals surface area contributed by atoms with E-state index in [9.17, 15) is 53.7 Å². The van der Waals surface area contributed by atoms with E-state index in [-0.39, 0.29) is 31.1 Å². The molecular weight excluding hydrogens is 756 g/mol. The van der Waals surface area contributed by atoms with Crippen molar-refractivity contribution < 1.29 is 53.7 Å². The Hall–Kier alpha value is -5.56. The van der Waals surface area contributed by atoms with E-state index < -0.39 is 109 Å². The number of carbonyl (C=O) groups is 8. The monoisotopic (exact) mass is 816 g/mol. The van der Waals surface area contributed by atoms with E-state index in [1.54, 1.807) is 51.2 Å². The molecule has 19 heteroatoms. The van der Waals surface area contributed by atoms with E-state index in [1.807, 2.05) is 6.92 Å². The Labute approximate surface area is 337 Å². The highest BCUT2D eigenvalue weighted by atomic mass is 16.4. The third-order valence-electron chi connectivity index (χ3n) is 9.75. The summed E-state index contributed by atoms with van der Waals surface area (Å²) in [6.45, 7) is 7.55. The minimum absolute atomic E-state index is 0.0547. The van der Waals surface area contributed by atoms with Crippen LogP contribution in [0.4, 0.5) is 0 Å². The summed E-state index contributed by atoms with van der Waals surface area (Å²) in [6.07, 6.45) is 1.03. The van der Waals surface area contributed by atoms with Gasteiger partial charge in [0.25, 0.3) is 0 Å². The molecule has 1 heterocycles. The molecule has 0 radical (unpaired) electrons. The highest BCUT2D eigenvalue weighted by Gasteiger charge is 2.34. The number of hydrogen-bond acceptors (Lipinski definition) is 10. The number of aromatic amines is 1. The number of rotatable bonds is 27. The van der Waals surface area contributed by atoms with Gasteiger partial charge in [0.15, 0.2) is 0 Å². The lowest BCUT2D eigenvalue weighted by Crippen LogP contribution is -2.60. The van der Waals surface area contributed by atoms with Crippen molar-refractivity contribution in [3.63, 3.8) is 0 Å². The molecule has 2 rings (SSSR count). The molecule has 0 bridgehead atoms. The van der Waals surface area contributed by atoms with Crippen molar-refractivity contribution in [2.75, 3.05) is 6.54 Å². The van der Waals surface area contributed by atoms with Gasteiger partial charge >= 0.3 is 17.9 Å². The maximum atomic E-state index is 14.0. The molecule has 7 atom stereocenters. The summed E-state index contributed by atoms with van der Waals surface area (Å²) < 4.78 is 0. The number of carbonyl (C=O) groups excluding carboxylic acids is 5. The summed E-state index contributed by atoms with van der Waals surface area (Å²) >= 11 is 0. The van der Waals surface area contributed by atoms with Gasteiger partial charge in [0.05, 0.1) is 6.04 Å². The van der Waals surface area contributed by atoms with Crippen LogP contribution in [-0.4, -0.2) is 111 Å². The first-order chi connectivity index (χ1) is 27.4. The van der Waals surface area contributed by atoms with Gasteiger partial charge < -0.3 is 58.4 Å². The number of hydrogen-bond donors (Lipinski definition) is 11. The number of carboxylic acid groups (broad SMARTS) is 3. The first-order valence-corrected chi connectivity index (χ1v) is 19.6. The van der Waals surface area contributed by atoms with Crippen LogP contribution >= 0.6 is 0 Å². The molecule has 0 aliphatic carbocycles.